The second-order valence-corrected chi connectivity index (χ2v) is 4.75. The Balaban J connectivity index is 2.00. The van der Waals surface area contributed by atoms with E-state index in [-0.39, 0.29) is 5.76 Å². The largest absolute Gasteiger partial charge is 0.459 e. The number of furan rings is 1. The number of nitrogens with zero attached hydrogens (tertiary/aromatic N) is 1. The van der Waals surface area contributed by atoms with E-state index in [0.717, 1.165) is 11.1 Å². The zero-order chi connectivity index (χ0) is 14.1. The molecule has 0 aliphatic rings. The lowest BCUT2D eigenvalue weighted by Crippen LogP contribution is -2.30. The van der Waals surface area contributed by atoms with Gasteiger partial charge in [-0.1, -0.05) is 12.1 Å². The van der Waals surface area contributed by atoms with Crippen LogP contribution >= 0.6 is 0 Å². The number of hydrazine groups is 1. The number of carbonyl (C=O) groups is 1. The smallest absolute Gasteiger partial charge is 0.301 e. The molecule has 0 aliphatic heterocycles. The Labute approximate surface area is 115 Å². The van der Waals surface area contributed by atoms with Crippen LogP contribution in [-0.4, -0.2) is 10.5 Å². The zero-order valence-electron chi connectivity index (χ0n) is 11.1. The number of benzene rings is 1. The van der Waals surface area contributed by atoms with E-state index in [1.165, 1.54) is 17.2 Å². The normalized spacial score (nSPS) is 10.9. The molecule has 0 radical (unpaired) electrons. The standard InChI is InChI=1S/C15H15N3O2/c1-10-2-3-11-4-6-18(13(11)8-10)9-12-5-7-20-14(12)15(19)17-16/h2-8H,9,16H2,1H3,(H,17,19). The molecule has 1 amide bonds. The van der Waals surface area contributed by atoms with Crippen molar-refractivity contribution < 1.29 is 9.21 Å². The van der Waals surface area contributed by atoms with Crippen LogP contribution < -0.4 is 11.3 Å². The van der Waals surface area contributed by atoms with Gasteiger partial charge in [-0.15, -0.1) is 0 Å². The summed E-state index contributed by atoms with van der Waals surface area (Å²) in [5, 5.41) is 1.17. The van der Waals surface area contributed by atoms with Crippen molar-refractivity contribution >= 4 is 16.8 Å². The number of nitrogens with two attached hydrogens (primary N) is 1. The molecule has 3 rings (SSSR count). The number of nitrogen functional groups attached to an aromatic ring is 1. The number of amides is 1. The molecular weight excluding hydrogens is 254 g/mol. The molecule has 0 atom stereocenters. The molecule has 102 valence electrons. The highest BCUT2D eigenvalue weighted by Gasteiger charge is 2.15. The molecule has 3 aromatic rings. The third-order valence-corrected chi connectivity index (χ3v) is 3.35. The average Bonchev–Trinajstić information content (AvgIpc) is 3.06. The van der Waals surface area contributed by atoms with Crippen LogP contribution in [-0.2, 0) is 6.54 Å². The molecule has 0 aliphatic carbocycles. The lowest BCUT2D eigenvalue weighted by molar-refractivity contribution is 0.0924. The van der Waals surface area contributed by atoms with E-state index in [0.29, 0.717) is 6.54 Å². The van der Waals surface area contributed by atoms with E-state index in [1.807, 2.05) is 6.20 Å². The second-order valence-electron chi connectivity index (χ2n) is 4.75. The molecule has 0 bridgehead atoms. The maximum atomic E-state index is 11.6. The molecule has 5 heteroatoms. The van der Waals surface area contributed by atoms with Gasteiger partial charge in [0.15, 0.2) is 5.76 Å². The number of hydrogen-bond acceptors (Lipinski definition) is 3. The van der Waals surface area contributed by atoms with Crippen LogP contribution in [0.25, 0.3) is 10.9 Å². The summed E-state index contributed by atoms with van der Waals surface area (Å²) in [5.41, 5.74) is 5.22. The predicted molar refractivity (Wildman–Crippen MR) is 76.1 cm³/mol. The Morgan fingerprint density at radius 1 is 1.35 bits per heavy atom. The lowest BCUT2D eigenvalue weighted by Gasteiger charge is -2.06. The molecule has 20 heavy (non-hydrogen) atoms. The second kappa shape index (κ2) is 4.86. The van der Waals surface area contributed by atoms with E-state index in [9.17, 15) is 4.79 Å². The summed E-state index contributed by atoms with van der Waals surface area (Å²) in [4.78, 5) is 11.6. The van der Waals surface area contributed by atoms with Crippen LogP contribution in [0.3, 0.4) is 0 Å². The van der Waals surface area contributed by atoms with Gasteiger partial charge in [0.25, 0.3) is 0 Å². The van der Waals surface area contributed by atoms with Gasteiger partial charge < -0.3 is 8.98 Å². The summed E-state index contributed by atoms with van der Waals surface area (Å²) in [6.07, 6.45) is 3.50. The van der Waals surface area contributed by atoms with E-state index >= 15 is 0 Å². The number of carbonyl (C=O) groups excluding carboxylic acids is 1. The van der Waals surface area contributed by atoms with Crippen molar-refractivity contribution in [3.05, 3.63) is 59.7 Å². The zero-order valence-corrected chi connectivity index (χ0v) is 11.1. The molecule has 0 saturated heterocycles. The fraction of sp³-hybridized carbons (Fsp3) is 0.133. The minimum atomic E-state index is -0.419. The van der Waals surface area contributed by atoms with Gasteiger partial charge in [-0.05, 0) is 36.1 Å². The maximum absolute atomic E-state index is 11.6. The number of aryl methyl sites for hydroxylation is 1. The number of nitrogens with one attached hydrogen (secondary N) is 1. The van der Waals surface area contributed by atoms with E-state index in [2.05, 4.69) is 41.2 Å². The summed E-state index contributed by atoms with van der Waals surface area (Å²) in [7, 11) is 0. The van der Waals surface area contributed by atoms with E-state index < -0.39 is 5.91 Å². The molecule has 5 nitrogen and oxygen atoms in total. The maximum Gasteiger partial charge on any atom is 0.301 e. The first-order valence-electron chi connectivity index (χ1n) is 6.32. The Bertz CT molecular complexity index is 770. The van der Waals surface area contributed by atoms with Crippen LogP contribution in [0.15, 0.2) is 47.2 Å². The van der Waals surface area contributed by atoms with Crippen molar-refractivity contribution in [3.8, 4) is 0 Å². The molecule has 0 saturated carbocycles. The highest BCUT2D eigenvalue weighted by Crippen LogP contribution is 2.20. The minimum absolute atomic E-state index is 0.252. The summed E-state index contributed by atoms with van der Waals surface area (Å²) >= 11 is 0. The van der Waals surface area contributed by atoms with Gasteiger partial charge in [0.2, 0.25) is 0 Å². The molecular formula is C15H15N3O2. The minimum Gasteiger partial charge on any atom is -0.459 e. The molecule has 2 aromatic heterocycles. The van der Waals surface area contributed by atoms with Crippen molar-refractivity contribution in [1.29, 1.82) is 0 Å². The van der Waals surface area contributed by atoms with Crippen molar-refractivity contribution in [2.45, 2.75) is 13.5 Å². The summed E-state index contributed by atoms with van der Waals surface area (Å²) in [6, 6.07) is 10.1. The number of aromatic nitrogens is 1. The first-order valence-corrected chi connectivity index (χ1v) is 6.32. The van der Waals surface area contributed by atoms with Crippen LogP contribution in [0, 0.1) is 6.92 Å². The van der Waals surface area contributed by atoms with Crippen LogP contribution in [0.1, 0.15) is 21.7 Å². The van der Waals surface area contributed by atoms with Gasteiger partial charge in [0.05, 0.1) is 12.8 Å². The van der Waals surface area contributed by atoms with Crippen molar-refractivity contribution in [2.24, 2.45) is 5.84 Å². The Hall–Kier alpha value is -2.53. The van der Waals surface area contributed by atoms with E-state index in [1.54, 1.807) is 6.07 Å². The number of fused-ring (bicyclic) bond motifs is 1. The summed E-state index contributed by atoms with van der Waals surface area (Å²) < 4.78 is 7.28. The first-order chi connectivity index (χ1) is 9.69. The Morgan fingerprint density at radius 3 is 3.00 bits per heavy atom. The Morgan fingerprint density at radius 2 is 2.20 bits per heavy atom. The highest BCUT2D eigenvalue weighted by atomic mass is 16.3. The van der Waals surface area contributed by atoms with Gasteiger partial charge in [0.1, 0.15) is 0 Å². The lowest BCUT2D eigenvalue weighted by atomic mass is 10.2. The highest BCUT2D eigenvalue weighted by molar-refractivity contribution is 5.92. The van der Waals surface area contributed by atoms with Gasteiger partial charge in [-0.25, -0.2) is 5.84 Å². The van der Waals surface area contributed by atoms with Gasteiger partial charge in [-0.2, -0.15) is 0 Å². The van der Waals surface area contributed by atoms with Gasteiger partial charge >= 0.3 is 5.91 Å². The van der Waals surface area contributed by atoms with Crippen LogP contribution in [0.5, 0.6) is 0 Å². The van der Waals surface area contributed by atoms with Crippen molar-refractivity contribution in [2.75, 3.05) is 0 Å². The summed E-state index contributed by atoms with van der Waals surface area (Å²) in [6.45, 7) is 2.62. The monoisotopic (exact) mass is 269 g/mol. The first kappa shape index (κ1) is 12.5. The number of rotatable bonds is 3. The van der Waals surface area contributed by atoms with Gasteiger partial charge in [0, 0.05) is 17.3 Å². The third-order valence-electron chi connectivity index (χ3n) is 3.35. The van der Waals surface area contributed by atoms with Crippen LogP contribution in [0.4, 0.5) is 0 Å². The average molecular weight is 269 g/mol. The van der Waals surface area contributed by atoms with Crippen LogP contribution in [0.2, 0.25) is 0 Å². The molecule has 0 fully saturated rings. The molecule has 0 unspecified atom stereocenters. The summed E-state index contributed by atoms with van der Waals surface area (Å²) in [5.74, 6) is 4.98. The topological polar surface area (TPSA) is 73.2 Å². The SMILES string of the molecule is Cc1ccc2ccn(Cc3ccoc3C(=O)NN)c2c1. The molecule has 1 aromatic carbocycles. The fourth-order valence-corrected chi connectivity index (χ4v) is 2.34. The molecule has 2 heterocycles. The third kappa shape index (κ3) is 2.08. The number of hydrogen-bond donors (Lipinski definition) is 2. The van der Waals surface area contributed by atoms with E-state index in [4.69, 9.17) is 10.3 Å². The molecule has 0 spiro atoms. The van der Waals surface area contributed by atoms with Crippen molar-refractivity contribution in [3.63, 3.8) is 0 Å². The molecule has 3 N–H and O–H groups in total. The quantitative estimate of drug-likeness (QED) is 0.435. The Kier molecular flexibility index (Phi) is 3.04. The van der Waals surface area contributed by atoms with Gasteiger partial charge in [-0.3, -0.25) is 10.2 Å². The van der Waals surface area contributed by atoms with Crippen molar-refractivity contribution in [1.82, 2.24) is 9.99 Å². The fourth-order valence-electron chi connectivity index (χ4n) is 2.34. The predicted octanol–water partition coefficient (Wildman–Crippen LogP) is 2.19.